The zero-order valence-electron chi connectivity index (χ0n) is 13.5. The molecule has 0 N–H and O–H groups in total. The van der Waals surface area contributed by atoms with Gasteiger partial charge in [0.2, 0.25) is 5.91 Å². The van der Waals surface area contributed by atoms with Crippen LogP contribution in [0.25, 0.3) is 0 Å². The lowest BCUT2D eigenvalue weighted by Gasteiger charge is -2.37. The summed E-state index contributed by atoms with van der Waals surface area (Å²) < 4.78 is 2.18. The molecule has 1 unspecified atom stereocenters. The molecule has 3 rings (SSSR count). The standard InChI is InChI=1S/C16H26N4O/c1-11(2)20-10-17-13-7-8-19(9-12-5-6-12)15(14(13)20)16(21)18(3)4/h10-12,15H,5-9H2,1-4H3. The molecule has 5 nitrogen and oxygen atoms in total. The number of imidazole rings is 1. The van der Waals surface area contributed by atoms with Crippen molar-refractivity contribution >= 4 is 5.91 Å². The van der Waals surface area contributed by atoms with Crippen LogP contribution in [-0.4, -0.2) is 52.4 Å². The number of hydrogen-bond donors (Lipinski definition) is 0. The molecule has 0 aromatic carbocycles. The van der Waals surface area contributed by atoms with Crippen molar-refractivity contribution in [1.29, 1.82) is 0 Å². The summed E-state index contributed by atoms with van der Waals surface area (Å²) in [4.78, 5) is 21.5. The van der Waals surface area contributed by atoms with E-state index in [1.165, 1.54) is 12.8 Å². The molecular weight excluding hydrogens is 264 g/mol. The third-order valence-corrected chi connectivity index (χ3v) is 4.59. The number of amides is 1. The molecule has 116 valence electrons. The molecule has 21 heavy (non-hydrogen) atoms. The lowest BCUT2D eigenvalue weighted by Crippen LogP contribution is -2.45. The van der Waals surface area contributed by atoms with Crippen LogP contribution in [0.15, 0.2) is 6.33 Å². The van der Waals surface area contributed by atoms with Crippen LogP contribution < -0.4 is 0 Å². The summed E-state index contributed by atoms with van der Waals surface area (Å²) in [5.41, 5.74) is 2.23. The smallest absolute Gasteiger partial charge is 0.245 e. The van der Waals surface area contributed by atoms with Crippen molar-refractivity contribution in [3.05, 3.63) is 17.7 Å². The van der Waals surface area contributed by atoms with Crippen LogP contribution in [0.5, 0.6) is 0 Å². The lowest BCUT2D eigenvalue weighted by atomic mass is 10.00. The van der Waals surface area contributed by atoms with Gasteiger partial charge in [-0.3, -0.25) is 9.69 Å². The van der Waals surface area contributed by atoms with E-state index < -0.39 is 0 Å². The highest BCUT2D eigenvalue weighted by Gasteiger charge is 2.39. The van der Waals surface area contributed by atoms with Gasteiger partial charge in [-0.05, 0) is 32.6 Å². The molecule has 1 aromatic rings. The van der Waals surface area contributed by atoms with Crippen molar-refractivity contribution < 1.29 is 4.79 Å². The first-order valence-electron chi connectivity index (χ1n) is 7.99. The second kappa shape index (κ2) is 5.44. The molecule has 1 fully saturated rings. The predicted octanol–water partition coefficient (Wildman–Crippen LogP) is 1.86. The van der Waals surface area contributed by atoms with Crippen LogP contribution in [-0.2, 0) is 11.2 Å². The fourth-order valence-electron chi connectivity index (χ4n) is 3.21. The van der Waals surface area contributed by atoms with Crippen LogP contribution in [0.1, 0.15) is 50.2 Å². The topological polar surface area (TPSA) is 41.4 Å². The normalized spacial score (nSPS) is 22.4. The first kappa shape index (κ1) is 14.6. The minimum atomic E-state index is -0.158. The van der Waals surface area contributed by atoms with Gasteiger partial charge in [0.25, 0.3) is 0 Å². The predicted molar refractivity (Wildman–Crippen MR) is 82.0 cm³/mol. The number of fused-ring (bicyclic) bond motifs is 1. The fraction of sp³-hybridized carbons (Fsp3) is 0.750. The number of carbonyl (C=O) groups is 1. The summed E-state index contributed by atoms with van der Waals surface area (Å²) in [5.74, 6) is 0.971. The molecule has 0 bridgehead atoms. The van der Waals surface area contributed by atoms with Crippen LogP contribution in [0.2, 0.25) is 0 Å². The summed E-state index contributed by atoms with van der Waals surface area (Å²) in [6.45, 7) is 6.30. The van der Waals surface area contributed by atoms with Gasteiger partial charge in [-0.25, -0.2) is 4.98 Å². The molecule has 2 aliphatic rings. The van der Waals surface area contributed by atoms with Gasteiger partial charge >= 0.3 is 0 Å². The van der Waals surface area contributed by atoms with E-state index in [2.05, 4.69) is 28.3 Å². The Labute approximate surface area is 126 Å². The van der Waals surface area contributed by atoms with Gasteiger partial charge in [0.15, 0.2) is 0 Å². The number of likely N-dealkylation sites (N-methyl/N-ethyl adjacent to an activating group) is 1. The van der Waals surface area contributed by atoms with E-state index in [0.717, 1.165) is 36.8 Å². The molecule has 1 atom stereocenters. The Bertz CT molecular complexity index is 530. The molecule has 1 amide bonds. The zero-order valence-corrected chi connectivity index (χ0v) is 13.5. The van der Waals surface area contributed by atoms with E-state index in [-0.39, 0.29) is 11.9 Å². The van der Waals surface area contributed by atoms with Crippen LogP contribution in [0, 0.1) is 5.92 Å². The molecule has 1 saturated carbocycles. The van der Waals surface area contributed by atoms with Gasteiger partial charge < -0.3 is 9.47 Å². The maximum Gasteiger partial charge on any atom is 0.245 e. The molecule has 0 spiro atoms. The Morgan fingerprint density at radius 1 is 1.43 bits per heavy atom. The Morgan fingerprint density at radius 2 is 2.14 bits per heavy atom. The van der Waals surface area contributed by atoms with Crippen LogP contribution >= 0.6 is 0 Å². The van der Waals surface area contributed by atoms with Gasteiger partial charge in [-0.15, -0.1) is 0 Å². The highest BCUT2D eigenvalue weighted by atomic mass is 16.2. The number of nitrogens with zero attached hydrogens (tertiary/aromatic N) is 4. The third kappa shape index (κ3) is 2.71. The van der Waals surface area contributed by atoms with Gasteiger partial charge in [-0.1, -0.05) is 0 Å². The zero-order chi connectivity index (χ0) is 15.1. The van der Waals surface area contributed by atoms with Crippen molar-refractivity contribution in [3.8, 4) is 0 Å². The highest BCUT2D eigenvalue weighted by Crippen LogP contribution is 2.37. The third-order valence-electron chi connectivity index (χ3n) is 4.59. The fourth-order valence-corrected chi connectivity index (χ4v) is 3.21. The number of aromatic nitrogens is 2. The molecule has 0 saturated heterocycles. The molecule has 2 heterocycles. The highest BCUT2D eigenvalue weighted by molar-refractivity contribution is 5.83. The Balaban J connectivity index is 1.98. The Morgan fingerprint density at radius 3 is 2.71 bits per heavy atom. The summed E-state index contributed by atoms with van der Waals surface area (Å²) in [6, 6.07) is 0.175. The molecule has 1 aliphatic carbocycles. The molecule has 1 aromatic heterocycles. The largest absolute Gasteiger partial charge is 0.347 e. The van der Waals surface area contributed by atoms with Gasteiger partial charge in [-0.2, -0.15) is 0 Å². The summed E-state index contributed by atoms with van der Waals surface area (Å²) in [7, 11) is 3.70. The van der Waals surface area contributed by atoms with Crippen molar-refractivity contribution in [2.24, 2.45) is 5.92 Å². The molecule has 1 aliphatic heterocycles. The van der Waals surface area contributed by atoms with Crippen molar-refractivity contribution in [2.75, 3.05) is 27.2 Å². The van der Waals surface area contributed by atoms with Crippen LogP contribution in [0.3, 0.4) is 0 Å². The second-order valence-corrected chi connectivity index (χ2v) is 6.90. The first-order valence-corrected chi connectivity index (χ1v) is 7.99. The van der Waals surface area contributed by atoms with Crippen LogP contribution in [0.4, 0.5) is 0 Å². The van der Waals surface area contributed by atoms with E-state index in [1.807, 2.05) is 20.4 Å². The Hall–Kier alpha value is -1.36. The monoisotopic (exact) mass is 290 g/mol. The molecule has 0 radical (unpaired) electrons. The number of rotatable bonds is 4. The summed E-state index contributed by atoms with van der Waals surface area (Å²) in [5, 5.41) is 0. The Kier molecular flexibility index (Phi) is 3.78. The van der Waals surface area contributed by atoms with E-state index in [0.29, 0.717) is 6.04 Å². The van der Waals surface area contributed by atoms with E-state index in [1.54, 1.807) is 4.90 Å². The van der Waals surface area contributed by atoms with E-state index >= 15 is 0 Å². The number of hydrogen-bond acceptors (Lipinski definition) is 3. The maximum absolute atomic E-state index is 12.8. The summed E-state index contributed by atoms with van der Waals surface area (Å²) in [6.07, 6.45) is 5.50. The average molecular weight is 290 g/mol. The SMILES string of the molecule is CC(C)n1cnc2c1C(C(=O)N(C)C)N(CC1CC1)CC2. The van der Waals surface area contributed by atoms with E-state index in [4.69, 9.17) is 0 Å². The second-order valence-electron chi connectivity index (χ2n) is 6.90. The van der Waals surface area contributed by atoms with Gasteiger partial charge in [0.05, 0.1) is 17.7 Å². The first-order chi connectivity index (χ1) is 9.99. The van der Waals surface area contributed by atoms with Gasteiger partial charge in [0, 0.05) is 39.6 Å². The minimum Gasteiger partial charge on any atom is -0.347 e. The van der Waals surface area contributed by atoms with Crippen molar-refractivity contribution in [1.82, 2.24) is 19.4 Å². The maximum atomic E-state index is 12.8. The average Bonchev–Trinajstić information content (AvgIpc) is 3.13. The number of carbonyl (C=O) groups excluding carboxylic acids is 1. The minimum absolute atomic E-state index is 0.158. The molecule has 5 heteroatoms. The lowest BCUT2D eigenvalue weighted by molar-refractivity contribution is -0.135. The van der Waals surface area contributed by atoms with Crippen molar-refractivity contribution in [2.45, 2.75) is 45.2 Å². The van der Waals surface area contributed by atoms with Gasteiger partial charge in [0.1, 0.15) is 6.04 Å². The van der Waals surface area contributed by atoms with E-state index in [9.17, 15) is 4.79 Å². The molecular formula is C16H26N4O. The quantitative estimate of drug-likeness (QED) is 0.850. The summed E-state index contributed by atoms with van der Waals surface area (Å²) >= 11 is 0. The van der Waals surface area contributed by atoms with Crippen molar-refractivity contribution in [3.63, 3.8) is 0 Å².